The summed E-state index contributed by atoms with van der Waals surface area (Å²) in [6, 6.07) is 84.5. The third-order valence-corrected chi connectivity index (χ3v) is 15.5. The molecule has 350 valence electrons. The van der Waals surface area contributed by atoms with Gasteiger partial charge in [-0.15, -0.1) is 11.3 Å². The highest BCUT2D eigenvalue weighted by Gasteiger charge is 2.24. The minimum absolute atomic E-state index is 0.616. The van der Waals surface area contributed by atoms with Gasteiger partial charge in [-0.1, -0.05) is 170 Å². The lowest BCUT2D eigenvalue weighted by Gasteiger charge is -2.09. The standard InChI is InChI=1S/C66H40N8S/c1-7-19-41(20-8-1)61-67-62(42-21-9-2-10-22-42)70-65(69-61)45-31-35-53-51(39-45)57-55(73(53)47-27-15-5-16-28-47)37-33-49-50-34-38-56-58(60(50)75-59(49)57)52-40-46(32-36-54(52)74(56)48-29-17-6-18-30-48)66-71-63(43-23-11-3-12-24-43)68-64(72-66)44-25-13-4-14-26-44/h1-40H. The van der Waals surface area contributed by atoms with Gasteiger partial charge in [0.2, 0.25) is 0 Å². The molecule has 75 heavy (non-hydrogen) atoms. The van der Waals surface area contributed by atoms with E-state index in [9.17, 15) is 0 Å². The van der Waals surface area contributed by atoms with Crippen LogP contribution in [0.4, 0.5) is 0 Å². The Morgan fingerprint density at radius 3 is 0.840 bits per heavy atom. The van der Waals surface area contributed by atoms with Crippen molar-refractivity contribution < 1.29 is 0 Å². The zero-order valence-electron chi connectivity index (χ0n) is 40.1. The van der Waals surface area contributed by atoms with E-state index >= 15 is 0 Å². The Balaban J connectivity index is 0.997. The van der Waals surface area contributed by atoms with Crippen LogP contribution in [0.15, 0.2) is 243 Å². The summed E-state index contributed by atoms with van der Waals surface area (Å²) >= 11 is 1.86. The number of rotatable bonds is 8. The van der Waals surface area contributed by atoms with Crippen molar-refractivity contribution in [3.63, 3.8) is 0 Å². The fourth-order valence-electron chi connectivity index (χ4n) is 10.8. The number of fused-ring (bicyclic) bond motifs is 11. The highest BCUT2D eigenvalue weighted by atomic mass is 32.1. The quantitative estimate of drug-likeness (QED) is 0.151. The number of para-hydroxylation sites is 2. The number of nitrogens with zero attached hydrogens (tertiary/aromatic N) is 8. The van der Waals surface area contributed by atoms with E-state index in [2.05, 4.69) is 130 Å². The van der Waals surface area contributed by atoms with Gasteiger partial charge in [0.25, 0.3) is 0 Å². The molecule has 9 heteroatoms. The van der Waals surface area contributed by atoms with Crippen molar-refractivity contribution >= 4 is 75.1 Å². The fourth-order valence-corrected chi connectivity index (χ4v) is 12.2. The topological polar surface area (TPSA) is 87.2 Å². The van der Waals surface area contributed by atoms with Gasteiger partial charge in [0.1, 0.15) is 0 Å². The van der Waals surface area contributed by atoms with Crippen LogP contribution in [0.3, 0.4) is 0 Å². The lowest BCUT2D eigenvalue weighted by Crippen LogP contribution is -2.00. The van der Waals surface area contributed by atoms with Crippen LogP contribution in [0, 0.1) is 0 Å². The molecule has 0 radical (unpaired) electrons. The van der Waals surface area contributed by atoms with Gasteiger partial charge in [-0.25, -0.2) is 29.9 Å². The van der Waals surface area contributed by atoms with Crippen LogP contribution in [-0.2, 0) is 0 Å². The summed E-state index contributed by atoms with van der Waals surface area (Å²) in [6.45, 7) is 0. The Morgan fingerprint density at radius 2 is 0.520 bits per heavy atom. The predicted molar refractivity (Wildman–Crippen MR) is 307 cm³/mol. The predicted octanol–water partition coefficient (Wildman–Crippen LogP) is 16.6. The first-order valence-corrected chi connectivity index (χ1v) is 25.8. The first kappa shape index (κ1) is 42.7. The van der Waals surface area contributed by atoms with Crippen LogP contribution in [0.2, 0.25) is 0 Å². The summed E-state index contributed by atoms with van der Waals surface area (Å²) in [5.41, 5.74) is 12.2. The van der Waals surface area contributed by atoms with Gasteiger partial charge in [-0.05, 0) is 72.8 Å². The van der Waals surface area contributed by atoms with Crippen LogP contribution >= 0.6 is 11.3 Å². The second kappa shape index (κ2) is 17.4. The molecule has 0 aliphatic carbocycles. The number of hydrogen-bond donors (Lipinski definition) is 0. The molecule has 10 aromatic carbocycles. The SMILES string of the molecule is c1ccc(-c2nc(-c3ccccc3)nc(-c3ccc4c(c3)c3c5sc6c(ccc7c6c6cc(-c8nc(-c9ccccc9)nc(-c9ccccc9)n8)ccc6n7-c6ccccc6)c5ccc3n4-c3ccccc3)n2)cc1. The minimum atomic E-state index is 0.616. The Morgan fingerprint density at radius 1 is 0.240 bits per heavy atom. The second-order valence-electron chi connectivity index (χ2n) is 18.7. The van der Waals surface area contributed by atoms with Gasteiger partial charge in [0.15, 0.2) is 34.9 Å². The van der Waals surface area contributed by atoms with Gasteiger partial charge >= 0.3 is 0 Å². The Labute approximate surface area is 434 Å². The van der Waals surface area contributed by atoms with E-state index in [1.165, 1.54) is 30.9 Å². The number of aromatic nitrogens is 8. The van der Waals surface area contributed by atoms with Crippen LogP contribution in [0.5, 0.6) is 0 Å². The molecule has 15 rings (SSSR count). The average molecular weight is 977 g/mol. The molecule has 0 bridgehead atoms. The molecule has 0 aliphatic rings. The fraction of sp³-hybridized carbons (Fsp3) is 0. The van der Waals surface area contributed by atoms with Crippen LogP contribution in [-0.4, -0.2) is 39.0 Å². The van der Waals surface area contributed by atoms with Gasteiger partial charge in [0.05, 0.1) is 22.1 Å². The third kappa shape index (κ3) is 7.12. The summed E-state index contributed by atoms with van der Waals surface area (Å²) in [7, 11) is 0. The third-order valence-electron chi connectivity index (χ3n) is 14.2. The molecule has 5 aromatic heterocycles. The van der Waals surface area contributed by atoms with E-state index in [4.69, 9.17) is 29.9 Å². The van der Waals surface area contributed by atoms with Crippen molar-refractivity contribution in [3.8, 4) is 79.7 Å². The zero-order valence-corrected chi connectivity index (χ0v) is 40.9. The van der Waals surface area contributed by atoms with Crippen LogP contribution in [0.25, 0.3) is 143 Å². The Bertz CT molecular complexity index is 4260. The second-order valence-corrected chi connectivity index (χ2v) is 19.7. The average Bonchev–Trinajstić information content (AvgIpc) is 4.26. The molecule has 0 spiro atoms. The van der Waals surface area contributed by atoms with E-state index in [1.54, 1.807) is 0 Å². The maximum absolute atomic E-state index is 5.17. The van der Waals surface area contributed by atoms with Gasteiger partial charge in [-0.2, -0.15) is 0 Å². The van der Waals surface area contributed by atoms with Crippen molar-refractivity contribution in [2.45, 2.75) is 0 Å². The summed E-state index contributed by atoms with van der Waals surface area (Å²) < 4.78 is 7.21. The number of benzene rings is 10. The first-order valence-electron chi connectivity index (χ1n) is 24.9. The molecule has 0 aliphatic heterocycles. The molecule has 0 atom stereocenters. The van der Waals surface area contributed by atoms with E-state index in [1.807, 2.05) is 133 Å². The molecule has 15 aromatic rings. The van der Waals surface area contributed by atoms with Crippen LogP contribution in [0.1, 0.15) is 0 Å². The molecular formula is C66H40N8S. The Hall–Kier alpha value is -9.96. The summed E-state index contributed by atoms with van der Waals surface area (Å²) in [5.74, 6) is 3.75. The van der Waals surface area contributed by atoms with Crippen molar-refractivity contribution in [2.24, 2.45) is 0 Å². The maximum atomic E-state index is 5.17. The zero-order chi connectivity index (χ0) is 49.4. The molecule has 0 fully saturated rings. The van der Waals surface area contributed by atoms with E-state index in [0.717, 1.165) is 77.6 Å². The molecule has 0 amide bonds. The van der Waals surface area contributed by atoms with E-state index in [0.29, 0.717) is 34.9 Å². The Kier molecular flexibility index (Phi) is 9.89. The van der Waals surface area contributed by atoms with Gasteiger partial charge < -0.3 is 9.13 Å². The molecule has 0 saturated heterocycles. The summed E-state index contributed by atoms with van der Waals surface area (Å²) in [4.78, 5) is 30.7. The summed E-state index contributed by atoms with van der Waals surface area (Å²) in [5, 5.41) is 7.01. The monoisotopic (exact) mass is 976 g/mol. The van der Waals surface area contributed by atoms with Crippen LogP contribution < -0.4 is 0 Å². The van der Waals surface area contributed by atoms with Crippen molar-refractivity contribution in [1.82, 2.24) is 39.0 Å². The smallest absolute Gasteiger partial charge is 0.164 e. The number of thiophene rings is 1. The highest BCUT2D eigenvalue weighted by Crippen LogP contribution is 2.48. The largest absolute Gasteiger partial charge is 0.309 e. The normalized spacial score (nSPS) is 11.7. The lowest BCUT2D eigenvalue weighted by atomic mass is 10.0. The summed E-state index contributed by atoms with van der Waals surface area (Å²) in [6.07, 6.45) is 0. The first-order chi connectivity index (χ1) is 37.2. The lowest BCUT2D eigenvalue weighted by molar-refractivity contribution is 1.07. The highest BCUT2D eigenvalue weighted by molar-refractivity contribution is 7.27. The minimum Gasteiger partial charge on any atom is -0.309 e. The molecule has 5 heterocycles. The number of hydrogen-bond acceptors (Lipinski definition) is 7. The molecule has 0 unspecified atom stereocenters. The molecule has 8 nitrogen and oxygen atoms in total. The molecule has 0 N–H and O–H groups in total. The van der Waals surface area contributed by atoms with Gasteiger partial charge in [-0.3, -0.25) is 0 Å². The van der Waals surface area contributed by atoms with Crippen molar-refractivity contribution in [2.75, 3.05) is 0 Å². The maximum Gasteiger partial charge on any atom is 0.164 e. The molecule has 0 saturated carbocycles. The van der Waals surface area contributed by atoms with E-state index in [-0.39, 0.29) is 0 Å². The van der Waals surface area contributed by atoms with Crippen molar-refractivity contribution in [3.05, 3.63) is 243 Å². The van der Waals surface area contributed by atoms with Gasteiger partial charge in [0, 0.05) is 86.5 Å². The van der Waals surface area contributed by atoms with E-state index < -0.39 is 0 Å². The molecular weight excluding hydrogens is 937 g/mol. The van der Waals surface area contributed by atoms with Crippen molar-refractivity contribution in [1.29, 1.82) is 0 Å².